The zero-order valence-electron chi connectivity index (χ0n) is 12.2. The van der Waals surface area contributed by atoms with Crippen molar-refractivity contribution in [3.8, 4) is 11.6 Å². The largest absolute Gasteiger partial charge is 0.437 e. The summed E-state index contributed by atoms with van der Waals surface area (Å²) < 4.78 is 5.71. The van der Waals surface area contributed by atoms with Gasteiger partial charge >= 0.3 is 0 Å². The summed E-state index contributed by atoms with van der Waals surface area (Å²) in [5.41, 5.74) is 0.525. The third-order valence-electron chi connectivity index (χ3n) is 2.93. The quantitative estimate of drug-likeness (QED) is 0.699. The van der Waals surface area contributed by atoms with Crippen molar-refractivity contribution >= 4 is 29.0 Å². The van der Waals surface area contributed by atoms with Crippen molar-refractivity contribution in [3.05, 3.63) is 77.1 Å². The lowest BCUT2D eigenvalue weighted by molar-refractivity contribution is -0.111. The fourth-order valence-electron chi connectivity index (χ4n) is 1.89. The highest BCUT2D eigenvalue weighted by Gasteiger charge is 2.08. The molecule has 4 nitrogen and oxygen atoms in total. The van der Waals surface area contributed by atoms with E-state index >= 15 is 0 Å². The Morgan fingerprint density at radius 2 is 1.96 bits per heavy atom. The fraction of sp³-hybridized carbons (Fsp3) is 0. The van der Waals surface area contributed by atoms with Crippen LogP contribution in [0.5, 0.6) is 11.6 Å². The first-order valence-corrected chi connectivity index (χ1v) is 7.90. The molecule has 5 heteroatoms. The van der Waals surface area contributed by atoms with Crippen LogP contribution in [0.25, 0.3) is 6.08 Å². The first-order chi connectivity index (χ1) is 11.3. The van der Waals surface area contributed by atoms with E-state index in [1.165, 1.54) is 6.08 Å². The Balaban J connectivity index is 1.71. The summed E-state index contributed by atoms with van der Waals surface area (Å²) in [7, 11) is 0. The van der Waals surface area contributed by atoms with Crippen LogP contribution in [0.2, 0.25) is 0 Å². The van der Waals surface area contributed by atoms with Crippen LogP contribution in [0, 0.1) is 0 Å². The van der Waals surface area contributed by atoms with E-state index in [2.05, 4.69) is 10.3 Å². The van der Waals surface area contributed by atoms with Gasteiger partial charge in [0.1, 0.15) is 11.4 Å². The predicted molar refractivity (Wildman–Crippen MR) is 92.7 cm³/mol. The minimum Gasteiger partial charge on any atom is -0.437 e. The molecule has 0 fully saturated rings. The molecule has 0 bridgehead atoms. The maximum absolute atomic E-state index is 12.0. The summed E-state index contributed by atoms with van der Waals surface area (Å²) in [6, 6.07) is 16.7. The summed E-state index contributed by atoms with van der Waals surface area (Å²) in [5.74, 6) is 0.789. The smallest absolute Gasteiger partial charge is 0.248 e. The van der Waals surface area contributed by atoms with Crippen molar-refractivity contribution in [1.82, 2.24) is 4.98 Å². The SMILES string of the molecule is O=C(/C=C/c1cccs1)Nc1cccnc1Oc1ccccc1. The second-order valence-electron chi connectivity index (χ2n) is 4.61. The van der Waals surface area contributed by atoms with E-state index in [4.69, 9.17) is 4.74 Å². The monoisotopic (exact) mass is 322 g/mol. The topological polar surface area (TPSA) is 51.2 Å². The predicted octanol–water partition coefficient (Wildman–Crippen LogP) is 4.59. The maximum Gasteiger partial charge on any atom is 0.248 e. The first-order valence-electron chi connectivity index (χ1n) is 7.02. The van der Waals surface area contributed by atoms with Crippen LogP contribution in [0.15, 0.2) is 72.3 Å². The van der Waals surface area contributed by atoms with Crippen LogP contribution in [0.4, 0.5) is 5.69 Å². The molecule has 23 heavy (non-hydrogen) atoms. The number of hydrogen-bond donors (Lipinski definition) is 1. The summed E-state index contributed by atoms with van der Waals surface area (Å²) in [4.78, 5) is 17.2. The van der Waals surface area contributed by atoms with E-state index in [0.29, 0.717) is 17.3 Å². The van der Waals surface area contributed by atoms with Gasteiger partial charge in [-0.3, -0.25) is 4.79 Å². The minimum atomic E-state index is -0.232. The Bertz CT molecular complexity index is 799. The second-order valence-corrected chi connectivity index (χ2v) is 5.59. The van der Waals surface area contributed by atoms with Crippen molar-refractivity contribution in [2.75, 3.05) is 5.32 Å². The molecule has 2 heterocycles. The highest BCUT2D eigenvalue weighted by molar-refractivity contribution is 7.10. The lowest BCUT2D eigenvalue weighted by Gasteiger charge is -2.09. The van der Waals surface area contributed by atoms with Crippen LogP contribution in [-0.4, -0.2) is 10.9 Å². The molecular formula is C18H14N2O2S. The lowest BCUT2D eigenvalue weighted by Crippen LogP contribution is -2.09. The molecule has 1 aromatic carbocycles. The molecule has 3 rings (SSSR count). The van der Waals surface area contributed by atoms with E-state index in [1.807, 2.05) is 47.8 Å². The van der Waals surface area contributed by atoms with Crippen molar-refractivity contribution in [1.29, 1.82) is 0 Å². The molecule has 0 aliphatic heterocycles. The summed E-state index contributed by atoms with van der Waals surface area (Å²) in [5, 5.41) is 4.75. The van der Waals surface area contributed by atoms with Gasteiger partial charge in [0, 0.05) is 17.2 Å². The average Bonchev–Trinajstić information content (AvgIpc) is 3.09. The molecule has 0 saturated carbocycles. The van der Waals surface area contributed by atoms with Crippen LogP contribution >= 0.6 is 11.3 Å². The second kappa shape index (κ2) is 7.38. The van der Waals surface area contributed by atoms with Crippen molar-refractivity contribution in [3.63, 3.8) is 0 Å². The number of benzene rings is 1. The number of carbonyl (C=O) groups excluding carboxylic acids is 1. The Morgan fingerprint density at radius 1 is 1.09 bits per heavy atom. The number of ether oxygens (including phenoxy) is 1. The van der Waals surface area contributed by atoms with Crippen molar-refractivity contribution < 1.29 is 9.53 Å². The zero-order valence-corrected chi connectivity index (χ0v) is 13.0. The van der Waals surface area contributed by atoms with Gasteiger partial charge in [-0.15, -0.1) is 11.3 Å². The number of nitrogens with zero attached hydrogens (tertiary/aromatic N) is 1. The van der Waals surface area contributed by atoms with Gasteiger partial charge in [0.15, 0.2) is 0 Å². The normalized spacial score (nSPS) is 10.6. The van der Waals surface area contributed by atoms with Gasteiger partial charge in [0.2, 0.25) is 11.8 Å². The van der Waals surface area contributed by atoms with Crippen LogP contribution in [-0.2, 0) is 4.79 Å². The molecule has 0 atom stereocenters. The summed E-state index contributed by atoms with van der Waals surface area (Å²) >= 11 is 1.57. The number of para-hydroxylation sites is 1. The molecule has 0 unspecified atom stereocenters. The standard InChI is InChI=1S/C18H14N2O2S/c21-17(11-10-15-8-5-13-23-15)20-16-9-4-12-19-18(16)22-14-6-2-1-3-7-14/h1-13H,(H,20,21)/b11-10+. The fourth-order valence-corrected chi connectivity index (χ4v) is 2.50. The number of anilines is 1. The van der Waals surface area contributed by atoms with Gasteiger partial charge < -0.3 is 10.1 Å². The molecule has 0 spiro atoms. The van der Waals surface area contributed by atoms with Crippen molar-refractivity contribution in [2.24, 2.45) is 0 Å². The minimum absolute atomic E-state index is 0.232. The summed E-state index contributed by atoms with van der Waals surface area (Å²) in [6.45, 7) is 0. The molecule has 1 amide bonds. The maximum atomic E-state index is 12.0. The molecule has 0 aliphatic carbocycles. The number of rotatable bonds is 5. The zero-order chi connectivity index (χ0) is 15.9. The Labute approximate surface area is 138 Å². The van der Waals surface area contributed by atoms with Gasteiger partial charge in [-0.1, -0.05) is 24.3 Å². The molecule has 0 aliphatic rings. The average molecular weight is 322 g/mol. The van der Waals surface area contributed by atoms with Gasteiger partial charge in [0.05, 0.1) is 0 Å². The number of nitrogens with one attached hydrogen (secondary N) is 1. The third kappa shape index (κ3) is 4.28. The first kappa shape index (κ1) is 15.0. The molecular weight excluding hydrogens is 308 g/mol. The Hall–Kier alpha value is -2.92. The van der Waals surface area contributed by atoms with Crippen LogP contribution in [0.3, 0.4) is 0 Å². The van der Waals surface area contributed by atoms with E-state index in [-0.39, 0.29) is 5.91 Å². The highest BCUT2D eigenvalue weighted by atomic mass is 32.1. The summed E-state index contributed by atoms with van der Waals surface area (Å²) in [6.07, 6.45) is 4.88. The van der Waals surface area contributed by atoms with Crippen LogP contribution in [0.1, 0.15) is 4.88 Å². The highest BCUT2D eigenvalue weighted by Crippen LogP contribution is 2.26. The molecule has 1 N–H and O–H groups in total. The van der Waals surface area contributed by atoms with Gasteiger partial charge in [0.25, 0.3) is 0 Å². The van der Waals surface area contributed by atoms with Gasteiger partial charge in [-0.05, 0) is 41.8 Å². The molecule has 3 aromatic rings. The van der Waals surface area contributed by atoms with E-state index in [9.17, 15) is 4.79 Å². The van der Waals surface area contributed by atoms with Crippen LogP contribution < -0.4 is 10.1 Å². The Morgan fingerprint density at radius 3 is 2.74 bits per heavy atom. The van der Waals surface area contributed by atoms with Crippen molar-refractivity contribution in [2.45, 2.75) is 0 Å². The van der Waals surface area contributed by atoms with Gasteiger partial charge in [-0.2, -0.15) is 0 Å². The number of carbonyl (C=O) groups is 1. The number of pyridine rings is 1. The van der Waals surface area contributed by atoms with E-state index < -0.39 is 0 Å². The molecule has 0 saturated heterocycles. The molecule has 2 aromatic heterocycles. The lowest BCUT2D eigenvalue weighted by atomic mass is 10.3. The number of thiophene rings is 1. The van der Waals surface area contributed by atoms with E-state index in [1.54, 1.807) is 35.7 Å². The molecule has 0 radical (unpaired) electrons. The Kier molecular flexibility index (Phi) is 4.81. The third-order valence-corrected chi connectivity index (χ3v) is 3.77. The van der Waals surface area contributed by atoms with Gasteiger partial charge in [-0.25, -0.2) is 4.98 Å². The van der Waals surface area contributed by atoms with E-state index in [0.717, 1.165) is 4.88 Å². The number of hydrogen-bond acceptors (Lipinski definition) is 4. The number of amides is 1. The number of aromatic nitrogens is 1. The molecule has 114 valence electrons.